The zero-order chi connectivity index (χ0) is 75.2. The van der Waals surface area contributed by atoms with Gasteiger partial charge in [0, 0.05) is 19.3 Å². The van der Waals surface area contributed by atoms with Gasteiger partial charge in [-0.15, -0.1) is 0 Å². The fourth-order valence-electron chi connectivity index (χ4n) is 10.2. The fourth-order valence-corrected chi connectivity index (χ4v) is 11.8. The Kier molecular flexibility index (Phi) is 73.2. The van der Waals surface area contributed by atoms with Gasteiger partial charge in [0.25, 0.3) is 0 Å². The molecule has 0 aliphatic rings. The van der Waals surface area contributed by atoms with Gasteiger partial charge in [0.1, 0.15) is 25.4 Å². The van der Waals surface area contributed by atoms with E-state index in [0.717, 1.165) is 128 Å². The third kappa shape index (κ3) is 78.1. The number of hydrogen-bond acceptors (Lipinski definition) is 14. The molecule has 0 rings (SSSR count). The molecule has 103 heavy (non-hydrogen) atoms. The maximum Gasteiger partial charge on any atom is 0.472 e. The molecule has 0 radical (unpaired) electrons. The van der Waals surface area contributed by atoms with E-state index in [1.165, 1.54) is 109 Å². The van der Waals surface area contributed by atoms with Crippen LogP contribution in [0, 0.1) is 0 Å². The summed E-state index contributed by atoms with van der Waals surface area (Å²) in [4.78, 5) is 58.6. The second-order valence-electron chi connectivity index (χ2n) is 26.1. The molecule has 0 saturated carbocycles. The van der Waals surface area contributed by atoms with Crippen LogP contribution < -0.4 is 0 Å². The quantitative estimate of drug-likeness (QED) is 0.0146. The molecule has 18 heteroatoms. The minimum absolute atomic E-state index is 0.0382. The van der Waals surface area contributed by atoms with Gasteiger partial charge in [-0.25, -0.2) is 9.13 Å². The van der Waals surface area contributed by atoms with E-state index in [9.17, 15) is 43.5 Å². The van der Waals surface area contributed by atoms with E-state index in [1.807, 2.05) is 18.2 Å². The molecule has 0 heterocycles. The molecule has 0 amide bonds. The number of esters is 3. The number of unbranched alkanes of at least 4 members (excludes halogenated alkanes) is 25. The van der Waals surface area contributed by atoms with Crippen LogP contribution in [0.1, 0.15) is 303 Å². The molecule has 0 aliphatic heterocycles. The zero-order valence-corrected chi connectivity index (χ0v) is 66.0. The molecule has 0 saturated heterocycles. The Morgan fingerprint density at radius 3 is 0.874 bits per heavy atom. The van der Waals surface area contributed by atoms with Crippen LogP contribution in [0.25, 0.3) is 0 Å². The van der Waals surface area contributed by atoms with Crippen molar-refractivity contribution in [3.8, 4) is 0 Å². The highest BCUT2D eigenvalue weighted by atomic mass is 31.2. The second kappa shape index (κ2) is 76.8. The predicted molar refractivity (Wildman–Crippen MR) is 426 cm³/mol. The lowest BCUT2D eigenvalue weighted by Gasteiger charge is -2.21. The standard InChI is InChI=1S/C85H142O16P2/c1-4-7-10-13-16-19-22-25-28-30-32-33-34-35-36-37-38-39-40-41-42-43-44-45-47-49-51-53-56-59-62-65-68-71-83(88)95-74-80(86)75-97-102(91,92)98-76-81(87)77-99-103(93,94)100-79-82(101-85(90)73-70-67-64-61-58-55-50-27-24-21-18-15-12-9-6-3)78-96-84(89)72-69-66-63-60-57-54-52-48-46-31-29-26-23-20-17-14-11-8-5-2/h7-8,10-11,16-21,25-29,32-33,35-36,46,48,50,54,57,63,66,80-82,86-87H,4-6,9,12-15,22-24,30-31,34,37-45,47,49,51-53,55-56,58-62,64-65,67-79H2,1-3H3,(H,91,92)(H,93,94)/b10-7-,11-8-,19-16-,20-17-,21-18-,28-25-,29-26-,33-32-,36-35-,48-46-,50-27-,57-54-,66-63-. The van der Waals surface area contributed by atoms with Crippen molar-refractivity contribution < 1.29 is 75.8 Å². The van der Waals surface area contributed by atoms with Crippen molar-refractivity contribution in [1.29, 1.82) is 0 Å². The Morgan fingerprint density at radius 2 is 0.534 bits per heavy atom. The van der Waals surface area contributed by atoms with E-state index in [0.29, 0.717) is 25.7 Å². The molecule has 0 aliphatic carbocycles. The van der Waals surface area contributed by atoms with Crippen molar-refractivity contribution in [3.05, 3.63) is 158 Å². The van der Waals surface area contributed by atoms with Crippen LogP contribution in [0.2, 0.25) is 0 Å². The number of phosphoric ester groups is 2. The number of carbonyl (C=O) groups excluding carboxylic acids is 3. The summed E-state index contributed by atoms with van der Waals surface area (Å²) in [5.74, 6) is -1.69. The van der Waals surface area contributed by atoms with Crippen molar-refractivity contribution in [3.63, 3.8) is 0 Å². The zero-order valence-electron chi connectivity index (χ0n) is 64.2. The largest absolute Gasteiger partial charge is 0.472 e. The van der Waals surface area contributed by atoms with Gasteiger partial charge >= 0.3 is 33.6 Å². The Bertz CT molecular complexity index is 2500. The molecule has 0 fully saturated rings. The van der Waals surface area contributed by atoms with E-state index < -0.39 is 91.5 Å². The van der Waals surface area contributed by atoms with Gasteiger partial charge in [-0.05, 0) is 135 Å². The summed E-state index contributed by atoms with van der Waals surface area (Å²) in [6.45, 7) is 2.32. The van der Waals surface area contributed by atoms with Crippen molar-refractivity contribution in [2.75, 3.05) is 39.6 Å². The van der Waals surface area contributed by atoms with E-state index in [-0.39, 0.29) is 19.3 Å². The molecule has 5 unspecified atom stereocenters. The highest BCUT2D eigenvalue weighted by molar-refractivity contribution is 7.47. The molecule has 0 spiro atoms. The Morgan fingerprint density at radius 1 is 0.282 bits per heavy atom. The lowest BCUT2D eigenvalue weighted by molar-refractivity contribution is -0.161. The first-order valence-electron chi connectivity index (χ1n) is 39.8. The summed E-state index contributed by atoms with van der Waals surface area (Å²) < 4.78 is 61.0. The summed E-state index contributed by atoms with van der Waals surface area (Å²) in [5, 5.41) is 20.6. The number of aliphatic hydroxyl groups is 2. The average Bonchev–Trinajstić information content (AvgIpc) is 0.917. The molecular weight excluding hydrogens is 1340 g/mol. The molecule has 0 aromatic rings. The average molecular weight is 1480 g/mol. The first kappa shape index (κ1) is 98.2. The van der Waals surface area contributed by atoms with Gasteiger partial charge in [0.2, 0.25) is 0 Å². The van der Waals surface area contributed by atoms with Crippen LogP contribution in [0.3, 0.4) is 0 Å². The van der Waals surface area contributed by atoms with Crippen LogP contribution in [-0.2, 0) is 55.8 Å². The van der Waals surface area contributed by atoms with Gasteiger partial charge in [-0.1, -0.05) is 307 Å². The molecule has 0 aromatic carbocycles. The topological polar surface area (TPSA) is 231 Å². The SMILES string of the molecule is CC/C=C\C/C=C\C/C=C\C/C=C\C/C=C\C/C=C\CCC(=O)OCC(COP(=O)(O)OCC(O)COP(=O)(O)OCC(O)COC(=O)CCCCCCCCCCCCCCCCCCC/C=C\C/C=C\C/C=C\C/C=C\C/C=C\CC)OC(=O)CCCCCCC/C=C\C/C=C\CCCCC. The van der Waals surface area contributed by atoms with E-state index in [4.69, 9.17) is 32.3 Å². The lowest BCUT2D eigenvalue weighted by atomic mass is 10.0. The van der Waals surface area contributed by atoms with Gasteiger partial charge < -0.3 is 34.2 Å². The maximum atomic E-state index is 12.9. The van der Waals surface area contributed by atoms with Crippen molar-refractivity contribution >= 4 is 33.6 Å². The monoisotopic (exact) mass is 1480 g/mol. The highest BCUT2D eigenvalue weighted by Crippen LogP contribution is 2.45. The minimum atomic E-state index is -4.95. The Hall–Kier alpha value is -4.83. The van der Waals surface area contributed by atoms with Gasteiger partial charge in [-0.2, -0.15) is 0 Å². The van der Waals surface area contributed by atoms with Gasteiger partial charge in [0.15, 0.2) is 6.10 Å². The number of aliphatic hydroxyl groups excluding tert-OH is 2. The van der Waals surface area contributed by atoms with Crippen LogP contribution in [0.15, 0.2) is 158 Å². The normalized spacial score (nSPS) is 14.8. The third-order valence-corrected chi connectivity index (χ3v) is 18.1. The molecular formula is C85H142O16P2. The molecule has 0 bridgehead atoms. The summed E-state index contributed by atoms with van der Waals surface area (Å²) in [5.41, 5.74) is 0. The van der Waals surface area contributed by atoms with Gasteiger partial charge in [0.05, 0.1) is 26.4 Å². The van der Waals surface area contributed by atoms with Crippen molar-refractivity contribution in [2.24, 2.45) is 0 Å². The van der Waals surface area contributed by atoms with Crippen LogP contribution in [0.5, 0.6) is 0 Å². The van der Waals surface area contributed by atoms with Crippen molar-refractivity contribution in [1.82, 2.24) is 0 Å². The Labute approximate surface area is 625 Å². The minimum Gasteiger partial charge on any atom is -0.463 e. The summed E-state index contributed by atoms with van der Waals surface area (Å²) in [6.07, 6.45) is 96.1. The number of hydrogen-bond donors (Lipinski definition) is 4. The first-order valence-corrected chi connectivity index (χ1v) is 42.8. The number of ether oxygens (including phenoxy) is 3. The Balaban J connectivity index is 4.49. The van der Waals surface area contributed by atoms with E-state index >= 15 is 0 Å². The molecule has 0 aromatic heterocycles. The second-order valence-corrected chi connectivity index (χ2v) is 29.0. The smallest absolute Gasteiger partial charge is 0.463 e. The van der Waals surface area contributed by atoms with E-state index in [2.05, 4.69) is 161 Å². The molecule has 16 nitrogen and oxygen atoms in total. The van der Waals surface area contributed by atoms with E-state index in [1.54, 1.807) is 0 Å². The summed E-state index contributed by atoms with van der Waals surface area (Å²) in [7, 11) is -9.82. The predicted octanol–water partition coefficient (Wildman–Crippen LogP) is 23.4. The number of allylic oxidation sites excluding steroid dienone is 26. The van der Waals surface area contributed by atoms with Gasteiger partial charge in [-0.3, -0.25) is 32.5 Å². The fraction of sp³-hybridized carbons (Fsp3) is 0.659. The third-order valence-electron chi connectivity index (χ3n) is 16.2. The van der Waals surface area contributed by atoms with Crippen LogP contribution >= 0.6 is 15.6 Å². The molecule has 4 N–H and O–H groups in total. The number of rotatable bonds is 74. The van der Waals surface area contributed by atoms with Crippen LogP contribution in [-0.4, -0.2) is 95.9 Å². The molecule has 5 atom stereocenters. The lowest BCUT2D eigenvalue weighted by Crippen LogP contribution is -2.30. The van der Waals surface area contributed by atoms with Crippen molar-refractivity contribution in [2.45, 2.75) is 322 Å². The maximum absolute atomic E-state index is 12.9. The summed E-state index contributed by atoms with van der Waals surface area (Å²) >= 11 is 0. The number of phosphoric acid groups is 2. The molecule has 588 valence electrons. The number of carbonyl (C=O) groups is 3. The summed E-state index contributed by atoms with van der Waals surface area (Å²) in [6, 6.07) is 0. The first-order chi connectivity index (χ1) is 50.2. The highest BCUT2D eigenvalue weighted by Gasteiger charge is 2.29. The van der Waals surface area contributed by atoms with Crippen LogP contribution in [0.4, 0.5) is 0 Å².